The quantitative estimate of drug-likeness (QED) is 0.903. The van der Waals surface area contributed by atoms with Crippen molar-refractivity contribution in [3.63, 3.8) is 0 Å². The highest BCUT2D eigenvalue weighted by Crippen LogP contribution is 2.22. The van der Waals surface area contributed by atoms with Crippen molar-refractivity contribution in [1.29, 1.82) is 0 Å². The first-order chi connectivity index (χ1) is 10.6. The Labute approximate surface area is 140 Å². The van der Waals surface area contributed by atoms with E-state index in [9.17, 15) is 9.18 Å². The summed E-state index contributed by atoms with van der Waals surface area (Å²) < 4.78 is 18.5. The van der Waals surface area contributed by atoms with E-state index in [0.29, 0.717) is 11.7 Å². The predicted molar refractivity (Wildman–Crippen MR) is 89.3 cm³/mol. The SMILES string of the molecule is CC1CCNCC1NC(=O)c1ccc(-c2ccc(F)cc2)o1.Cl. The van der Waals surface area contributed by atoms with Crippen LogP contribution < -0.4 is 10.6 Å². The average Bonchev–Trinajstić information content (AvgIpc) is 3.00. The van der Waals surface area contributed by atoms with Gasteiger partial charge in [0, 0.05) is 18.2 Å². The van der Waals surface area contributed by atoms with E-state index in [1.54, 1.807) is 24.3 Å². The van der Waals surface area contributed by atoms with Gasteiger partial charge in [-0.3, -0.25) is 4.79 Å². The van der Waals surface area contributed by atoms with E-state index in [1.165, 1.54) is 12.1 Å². The highest BCUT2D eigenvalue weighted by atomic mass is 35.5. The molecule has 2 unspecified atom stereocenters. The van der Waals surface area contributed by atoms with E-state index in [-0.39, 0.29) is 35.9 Å². The number of carbonyl (C=O) groups excluding carboxylic acids is 1. The second-order valence-electron chi connectivity index (χ2n) is 5.72. The van der Waals surface area contributed by atoms with Crippen LogP contribution in [-0.2, 0) is 0 Å². The molecule has 0 bridgehead atoms. The number of furan rings is 1. The number of rotatable bonds is 3. The minimum Gasteiger partial charge on any atom is -0.451 e. The van der Waals surface area contributed by atoms with E-state index in [0.717, 1.165) is 25.1 Å². The molecule has 2 atom stereocenters. The summed E-state index contributed by atoms with van der Waals surface area (Å²) in [5.41, 5.74) is 0.744. The molecular formula is C17H20ClFN2O2. The van der Waals surface area contributed by atoms with E-state index in [4.69, 9.17) is 4.42 Å². The Bertz CT molecular complexity index is 657. The van der Waals surface area contributed by atoms with Gasteiger partial charge in [-0.05, 0) is 55.3 Å². The maximum Gasteiger partial charge on any atom is 0.287 e. The third kappa shape index (κ3) is 4.12. The average molecular weight is 339 g/mol. The number of benzene rings is 1. The smallest absolute Gasteiger partial charge is 0.287 e. The van der Waals surface area contributed by atoms with Gasteiger partial charge in [-0.1, -0.05) is 6.92 Å². The van der Waals surface area contributed by atoms with Crippen LogP contribution >= 0.6 is 12.4 Å². The minimum atomic E-state index is -0.299. The third-order valence-electron chi connectivity index (χ3n) is 4.10. The van der Waals surface area contributed by atoms with Crippen molar-refractivity contribution < 1.29 is 13.6 Å². The molecule has 2 aromatic rings. The lowest BCUT2D eigenvalue weighted by Gasteiger charge is -2.29. The fourth-order valence-electron chi connectivity index (χ4n) is 2.65. The predicted octanol–water partition coefficient (Wildman–Crippen LogP) is 3.24. The van der Waals surface area contributed by atoms with Gasteiger partial charge in [0.05, 0.1) is 0 Å². The van der Waals surface area contributed by atoms with Gasteiger partial charge in [-0.15, -0.1) is 12.4 Å². The number of hydrogen-bond donors (Lipinski definition) is 2. The largest absolute Gasteiger partial charge is 0.451 e. The Balaban J connectivity index is 0.00000192. The summed E-state index contributed by atoms with van der Waals surface area (Å²) in [7, 11) is 0. The molecule has 0 aliphatic carbocycles. The van der Waals surface area contributed by atoms with Crippen LogP contribution in [0.4, 0.5) is 4.39 Å². The first-order valence-corrected chi connectivity index (χ1v) is 7.51. The fourth-order valence-corrected chi connectivity index (χ4v) is 2.65. The molecule has 1 aromatic carbocycles. The number of amides is 1. The van der Waals surface area contributed by atoms with Gasteiger partial charge in [0.15, 0.2) is 5.76 Å². The van der Waals surface area contributed by atoms with Crippen LogP contribution in [0.5, 0.6) is 0 Å². The molecule has 0 spiro atoms. The summed E-state index contributed by atoms with van der Waals surface area (Å²) in [6, 6.07) is 9.48. The van der Waals surface area contributed by atoms with Crippen LogP contribution in [0, 0.1) is 11.7 Å². The Morgan fingerprint density at radius 1 is 1.26 bits per heavy atom. The standard InChI is InChI=1S/C17H19FN2O2.ClH/c1-11-8-9-19-10-14(11)20-17(21)16-7-6-15(22-16)12-2-4-13(18)5-3-12;/h2-7,11,14,19H,8-10H2,1H3,(H,20,21);1H. The summed E-state index contributed by atoms with van der Waals surface area (Å²) in [6.07, 6.45) is 1.05. The zero-order valence-corrected chi connectivity index (χ0v) is 13.7. The van der Waals surface area contributed by atoms with E-state index >= 15 is 0 Å². The Morgan fingerprint density at radius 2 is 2.00 bits per heavy atom. The minimum absolute atomic E-state index is 0. The molecule has 1 aromatic heterocycles. The molecule has 2 heterocycles. The Hall–Kier alpha value is -1.85. The highest BCUT2D eigenvalue weighted by molar-refractivity contribution is 5.92. The van der Waals surface area contributed by atoms with Crippen molar-refractivity contribution in [2.24, 2.45) is 5.92 Å². The second kappa shape index (κ2) is 7.62. The maximum absolute atomic E-state index is 12.9. The van der Waals surface area contributed by atoms with Gasteiger partial charge < -0.3 is 15.1 Å². The van der Waals surface area contributed by atoms with Crippen molar-refractivity contribution in [3.05, 3.63) is 48.0 Å². The van der Waals surface area contributed by atoms with E-state index in [2.05, 4.69) is 17.6 Å². The molecule has 0 saturated carbocycles. The molecule has 1 fully saturated rings. The molecule has 3 rings (SSSR count). The van der Waals surface area contributed by atoms with Gasteiger partial charge in [-0.25, -0.2) is 4.39 Å². The van der Waals surface area contributed by atoms with Crippen LogP contribution in [0.1, 0.15) is 23.9 Å². The van der Waals surface area contributed by atoms with Gasteiger partial charge in [0.25, 0.3) is 5.91 Å². The lowest BCUT2D eigenvalue weighted by molar-refractivity contribution is 0.0888. The lowest BCUT2D eigenvalue weighted by atomic mass is 9.95. The monoisotopic (exact) mass is 338 g/mol. The number of nitrogens with one attached hydrogen (secondary N) is 2. The summed E-state index contributed by atoms with van der Waals surface area (Å²) in [5.74, 6) is 0.759. The van der Waals surface area contributed by atoms with Crippen LogP contribution in [0.2, 0.25) is 0 Å². The van der Waals surface area contributed by atoms with Crippen molar-refractivity contribution in [2.45, 2.75) is 19.4 Å². The second-order valence-corrected chi connectivity index (χ2v) is 5.72. The van der Waals surface area contributed by atoms with Gasteiger partial charge in [0.1, 0.15) is 11.6 Å². The molecule has 23 heavy (non-hydrogen) atoms. The Kier molecular flexibility index (Phi) is 5.80. The topological polar surface area (TPSA) is 54.3 Å². The third-order valence-corrected chi connectivity index (χ3v) is 4.10. The zero-order valence-electron chi connectivity index (χ0n) is 12.8. The molecule has 0 radical (unpaired) electrons. The van der Waals surface area contributed by atoms with E-state index < -0.39 is 0 Å². The molecular weight excluding hydrogens is 319 g/mol. The summed E-state index contributed by atoms with van der Waals surface area (Å²) in [4.78, 5) is 12.3. The molecule has 1 amide bonds. The van der Waals surface area contributed by atoms with Crippen molar-refractivity contribution in [2.75, 3.05) is 13.1 Å². The summed E-state index contributed by atoms with van der Waals surface area (Å²) >= 11 is 0. The Morgan fingerprint density at radius 3 is 2.70 bits per heavy atom. The number of halogens is 2. The van der Waals surface area contributed by atoms with E-state index in [1.807, 2.05) is 0 Å². The molecule has 124 valence electrons. The number of carbonyl (C=O) groups is 1. The van der Waals surface area contributed by atoms with Crippen molar-refractivity contribution in [3.8, 4) is 11.3 Å². The molecule has 1 saturated heterocycles. The van der Waals surface area contributed by atoms with Gasteiger partial charge >= 0.3 is 0 Å². The molecule has 4 nitrogen and oxygen atoms in total. The lowest BCUT2D eigenvalue weighted by Crippen LogP contribution is -2.50. The number of hydrogen-bond acceptors (Lipinski definition) is 3. The summed E-state index contributed by atoms with van der Waals surface area (Å²) in [5, 5.41) is 6.28. The van der Waals surface area contributed by atoms with Crippen molar-refractivity contribution in [1.82, 2.24) is 10.6 Å². The number of piperidine rings is 1. The van der Waals surface area contributed by atoms with Crippen LogP contribution in [0.15, 0.2) is 40.8 Å². The first kappa shape index (κ1) is 17.5. The normalized spacial score (nSPS) is 20.6. The molecule has 1 aliphatic rings. The zero-order chi connectivity index (χ0) is 15.5. The molecule has 2 N–H and O–H groups in total. The molecule has 1 aliphatic heterocycles. The molecule has 6 heteroatoms. The van der Waals surface area contributed by atoms with Gasteiger partial charge in [0.2, 0.25) is 0 Å². The van der Waals surface area contributed by atoms with Crippen LogP contribution in [0.25, 0.3) is 11.3 Å². The van der Waals surface area contributed by atoms with Gasteiger partial charge in [-0.2, -0.15) is 0 Å². The van der Waals surface area contributed by atoms with Crippen molar-refractivity contribution >= 4 is 18.3 Å². The fraction of sp³-hybridized carbons (Fsp3) is 0.353. The highest BCUT2D eigenvalue weighted by Gasteiger charge is 2.24. The maximum atomic E-state index is 12.9. The van der Waals surface area contributed by atoms with Crippen LogP contribution in [-0.4, -0.2) is 25.0 Å². The van der Waals surface area contributed by atoms with Crippen LogP contribution in [0.3, 0.4) is 0 Å². The summed E-state index contributed by atoms with van der Waals surface area (Å²) in [6.45, 7) is 3.90. The first-order valence-electron chi connectivity index (χ1n) is 7.51.